The van der Waals surface area contributed by atoms with Crippen LogP contribution in [0.3, 0.4) is 0 Å². The maximum Gasteiger partial charge on any atom is 0.259 e. The van der Waals surface area contributed by atoms with Crippen molar-refractivity contribution in [2.24, 2.45) is 4.99 Å². The third-order valence-electron chi connectivity index (χ3n) is 2.71. The lowest BCUT2D eigenvalue weighted by Gasteiger charge is -2.05. The molecule has 5 heteroatoms. The quantitative estimate of drug-likeness (QED) is 0.851. The molecule has 2 rings (SSSR count). The molecule has 18 heavy (non-hydrogen) atoms. The van der Waals surface area contributed by atoms with Crippen molar-refractivity contribution in [3.05, 3.63) is 46.2 Å². The number of likely N-dealkylation sites (N-methyl/N-ethyl adjacent to an activating group) is 1. The molecule has 0 saturated heterocycles. The Morgan fingerprint density at radius 1 is 1.50 bits per heavy atom. The summed E-state index contributed by atoms with van der Waals surface area (Å²) in [6.45, 7) is 0.625. The number of carbonyl (C=O) groups excluding carboxylic acids is 1. The van der Waals surface area contributed by atoms with Crippen LogP contribution in [0.1, 0.15) is 5.56 Å². The molecule has 0 bridgehead atoms. The van der Waals surface area contributed by atoms with Gasteiger partial charge in [-0.15, -0.1) is 0 Å². The molecule has 0 atom stereocenters. The van der Waals surface area contributed by atoms with E-state index >= 15 is 0 Å². The van der Waals surface area contributed by atoms with E-state index in [4.69, 9.17) is 11.6 Å². The van der Waals surface area contributed by atoms with Crippen molar-refractivity contribution in [3.63, 3.8) is 0 Å². The number of halogens is 1. The van der Waals surface area contributed by atoms with Gasteiger partial charge in [-0.25, -0.2) is 0 Å². The highest BCUT2D eigenvalue weighted by Gasteiger charge is 2.25. The second kappa shape index (κ2) is 5.23. The van der Waals surface area contributed by atoms with Crippen molar-refractivity contribution in [3.8, 4) is 0 Å². The van der Waals surface area contributed by atoms with Gasteiger partial charge in [-0.2, -0.15) is 0 Å². The first-order valence-electron chi connectivity index (χ1n) is 5.50. The second-order valence-corrected chi connectivity index (χ2v) is 4.49. The van der Waals surface area contributed by atoms with Crippen LogP contribution in [-0.4, -0.2) is 35.7 Å². The number of hydrogen-bond acceptors (Lipinski definition) is 3. The Morgan fingerprint density at radius 3 is 2.83 bits per heavy atom. The largest absolute Gasteiger partial charge is 0.510 e. The number of hydrogen-bond donors (Lipinski definition) is 1. The van der Waals surface area contributed by atoms with E-state index in [0.717, 1.165) is 5.56 Å². The summed E-state index contributed by atoms with van der Waals surface area (Å²) < 4.78 is 0. The molecule has 1 aromatic carbocycles. The Labute approximate surface area is 110 Å². The van der Waals surface area contributed by atoms with Gasteiger partial charge >= 0.3 is 0 Å². The molecule has 0 radical (unpaired) electrons. The van der Waals surface area contributed by atoms with Crippen LogP contribution >= 0.6 is 11.6 Å². The number of benzene rings is 1. The highest BCUT2D eigenvalue weighted by Crippen LogP contribution is 2.17. The molecular formula is C13H13ClN2O2. The van der Waals surface area contributed by atoms with Crippen LogP contribution in [0, 0.1) is 0 Å². The molecule has 1 amide bonds. The van der Waals surface area contributed by atoms with Crippen LogP contribution in [-0.2, 0) is 11.3 Å². The summed E-state index contributed by atoms with van der Waals surface area (Å²) in [5.41, 5.74) is 1.14. The molecule has 0 unspecified atom stereocenters. The zero-order chi connectivity index (χ0) is 13.1. The number of aliphatic imine (C=N–C) groups is 1. The summed E-state index contributed by atoms with van der Waals surface area (Å²) in [7, 11) is 1.63. The molecule has 0 aromatic heterocycles. The maximum absolute atomic E-state index is 11.6. The van der Waals surface area contributed by atoms with E-state index in [0.29, 0.717) is 11.6 Å². The Kier molecular flexibility index (Phi) is 3.67. The second-order valence-electron chi connectivity index (χ2n) is 4.08. The average molecular weight is 265 g/mol. The first-order chi connectivity index (χ1) is 8.59. The van der Waals surface area contributed by atoms with E-state index in [1.54, 1.807) is 13.1 Å². The fraction of sp³-hybridized carbons (Fsp3) is 0.231. The molecule has 0 spiro atoms. The summed E-state index contributed by atoms with van der Waals surface area (Å²) in [4.78, 5) is 17.2. The summed E-state index contributed by atoms with van der Waals surface area (Å²) >= 11 is 5.99. The number of nitrogens with zero attached hydrogens (tertiary/aromatic N) is 2. The van der Waals surface area contributed by atoms with E-state index < -0.39 is 0 Å². The number of aliphatic hydroxyl groups excluding tert-OH is 1. The molecule has 1 aromatic rings. The summed E-state index contributed by atoms with van der Waals surface area (Å²) in [5.74, 6) is -0.152. The molecular weight excluding hydrogens is 252 g/mol. The van der Waals surface area contributed by atoms with Crippen LogP contribution in [0.5, 0.6) is 0 Å². The van der Waals surface area contributed by atoms with Crippen LogP contribution in [0.2, 0.25) is 5.02 Å². The van der Waals surface area contributed by atoms with E-state index in [-0.39, 0.29) is 23.8 Å². The van der Waals surface area contributed by atoms with E-state index in [2.05, 4.69) is 4.99 Å². The first kappa shape index (κ1) is 12.6. The summed E-state index contributed by atoms with van der Waals surface area (Å²) in [6.07, 6.45) is 1.41. The van der Waals surface area contributed by atoms with Crippen molar-refractivity contribution in [2.75, 3.05) is 13.6 Å². The molecule has 1 N–H and O–H groups in total. The molecule has 1 aliphatic rings. The minimum atomic E-state index is -0.213. The molecule has 94 valence electrons. The number of rotatable bonds is 3. The molecule has 0 saturated carbocycles. The fourth-order valence-electron chi connectivity index (χ4n) is 1.70. The van der Waals surface area contributed by atoms with Crippen LogP contribution < -0.4 is 0 Å². The first-order valence-corrected chi connectivity index (χ1v) is 5.88. The summed E-state index contributed by atoms with van der Waals surface area (Å²) in [5, 5.41) is 10.2. The van der Waals surface area contributed by atoms with Crippen LogP contribution in [0.25, 0.3) is 0 Å². The molecule has 1 aliphatic heterocycles. The Hall–Kier alpha value is -1.81. The van der Waals surface area contributed by atoms with E-state index in [9.17, 15) is 9.90 Å². The standard InChI is InChI=1S/C13H13ClN2O2/c1-16-8-12(17)10(13(16)18)7-15-6-9-4-2-3-5-11(9)14/h2-5,7,17H,6,8H2,1H3. The highest BCUT2D eigenvalue weighted by atomic mass is 35.5. The van der Waals surface area contributed by atoms with Gasteiger partial charge in [0.1, 0.15) is 5.76 Å². The maximum atomic E-state index is 11.6. The van der Waals surface area contributed by atoms with Crippen molar-refractivity contribution in [1.29, 1.82) is 0 Å². The third kappa shape index (κ3) is 2.54. The van der Waals surface area contributed by atoms with Crippen molar-refractivity contribution in [2.45, 2.75) is 6.54 Å². The van der Waals surface area contributed by atoms with Crippen molar-refractivity contribution >= 4 is 23.7 Å². The van der Waals surface area contributed by atoms with Gasteiger partial charge in [0, 0.05) is 18.3 Å². The topological polar surface area (TPSA) is 52.9 Å². The van der Waals surface area contributed by atoms with Gasteiger partial charge in [-0.05, 0) is 11.6 Å². The summed E-state index contributed by atoms with van der Waals surface area (Å²) in [6, 6.07) is 7.38. The molecule has 0 fully saturated rings. The average Bonchev–Trinajstić information content (AvgIpc) is 2.58. The lowest BCUT2D eigenvalue weighted by molar-refractivity contribution is -0.123. The third-order valence-corrected chi connectivity index (χ3v) is 3.08. The van der Waals surface area contributed by atoms with Gasteiger partial charge in [0.15, 0.2) is 0 Å². The smallest absolute Gasteiger partial charge is 0.259 e. The van der Waals surface area contributed by atoms with Gasteiger partial charge < -0.3 is 10.0 Å². The monoisotopic (exact) mass is 264 g/mol. The number of carbonyl (C=O) groups is 1. The number of aliphatic hydroxyl groups is 1. The van der Waals surface area contributed by atoms with Gasteiger partial charge in [-0.3, -0.25) is 9.79 Å². The molecule has 1 heterocycles. The minimum Gasteiger partial charge on any atom is -0.510 e. The number of amides is 1. The SMILES string of the molecule is CN1CC(O)=C(C=NCc2ccccc2Cl)C1=O. The lowest BCUT2D eigenvalue weighted by Crippen LogP contribution is -2.22. The normalized spacial score (nSPS) is 16.1. The van der Waals surface area contributed by atoms with Crippen molar-refractivity contribution in [1.82, 2.24) is 4.90 Å². The van der Waals surface area contributed by atoms with Gasteiger partial charge in [0.05, 0.1) is 18.7 Å². The van der Waals surface area contributed by atoms with Crippen LogP contribution in [0.15, 0.2) is 40.6 Å². The Bertz CT molecular complexity index is 538. The minimum absolute atomic E-state index is 0.0606. The van der Waals surface area contributed by atoms with Gasteiger partial charge in [0.25, 0.3) is 5.91 Å². The Balaban J connectivity index is 2.07. The van der Waals surface area contributed by atoms with Gasteiger partial charge in [0.2, 0.25) is 0 Å². The highest BCUT2D eigenvalue weighted by molar-refractivity contribution is 6.31. The van der Waals surface area contributed by atoms with E-state index in [1.165, 1.54) is 11.1 Å². The molecule has 4 nitrogen and oxygen atoms in total. The van der Waals surface area contributed by atoms with E-state index in [1.807, 2.05) is 18.2 Å². The zero-order valence-electron chi connectivity index (χ0n) is 9.93. The fourth-order valence-corrected chi connectivity index (χ4v) is 1.90. The van der Waals surface area contributed by atoms with Gasteiger partial charge in [-0.1, -0.05) is 29.8 Å². The zero-order valence-corrected chi connectivity index (χ0v) is 10.7. The van der Waals surface area contributed by atoms with Crippen LogP contribution in [0.4, 0.5) is 0 Å². The molecule has 0 aliphatic carbocycles. The predicted molar refractivity (Wildman–Crippen MR) is 70.9 cm³/mol. The predicted octanol–water partition coefficient (Wildman–Crippen LogP) is 2.19. The lowest BCUT2D eigenvalue weighted by atomic mass is 10.2. The Morgan fingerprint density at radius 2 is 2.22 bits per heavy atom. The van der Waals surface area contributed by atoms with Crippen molar-refractivity contribution < 1.29 is 9.90 Å².